The first kappa shape index (κ1) is 16.7. The average molecular weight is 332 g/mol. The lowest BCUT2D eigenvalue weighted by Gasteiger charge is -2.28. The van der Waals surface area contributed by atoms with E-state index in [9.17, 15) is 14.9 Å². The molecule has 2 fully saturated rings. The second-order valence-electron chi connectivity index (χ2n) is 6.73. The van der Waals surface area contributed by atoms with E-state index in [0.29, 0.717) is 43.2 Å². The molecule has 0 radical (unpaired) electrons. The number of fused-ring (bicyclic) bond motifs is 2. The molecule has 7 nitrogen and oxygen atoms in total. The van der Waals surface area contributed by atoms with Crippen LogP contribution in [0.2, 0.25) is 0 Å². The molecule has 24 heavy (non-hydrogen) atoms. The van der Waals surface area contributed by atoms with Crippen molar-refractivity contribution in [2.75, 3.05) is 18.4 Å². The molecule has 2 aliphatic heterocycles. The van der Waals surface area contributed by atoms with Gasteiger partial charge in [0.05, 0.1) is 4.92 Å². The highest BCUT2D eigenvalue weighted by atomic mass is 16.6. The number of nitrogens with zero attached hydrogens (tertiary/aromatic N) is 1. The predicted octanol–water partition coefficient (Wildman–Crippen LogP) is 2.04. The minimum atomic E-state index is -0.410. The normalized spacial score (nSPS) is 25.2. The van der Waals surface area contributed by atoms with Crippen molar-refractivity contribution >= 4 is 17.3 Å². The number of carbonyl (C=O) groups excluding carboxylic acids is 1. The van der Waals surface area contributed by atoms with E-state index in [-0.39, 0.29) is 11.6 Å². The van der Waals surface area contributed by atoms with E-state index in [2.05, 4.69) is 16.0 Å². The molecular formula is C17H24N4O3. The first-order chi connectivity index (χ1) is 11.6. The molecule has 2 aliphatic rings. The maximum Gasteiger partial charge on any atom is 0.292 e. The van der Waals surface area contributed by atoms with Crippen LogP contribution in [-0.2, 0) is 4.79 Å². The largest absolute Gasteiger partial charge is 0.378 e. The molecule has 2 atom stereocenters. The number of amides is 1. The van der Waals surface area contributed by atoms with Crippen LogP contribution in [0.5, 0.6) is 0 Å². The molecule has 0 saturated carbocycles. The Morgan fingerprint density at radius 1 is 1.21 bits per heavy atom. The van der Waals surface area contributed by atoms with Crippen LogP contribution in [-0.4, -0.2) is 36.0 Å². The molecule has 2 bridgehead atoms. The summed E-state index contributed by atoms with van der Waals surface area (Å²) in [6.07, 6.45) is 5.25. The lowest BCUT2D eigenvalue weighted by Crippen LogP contribution is -2.40. The Morgan fingerprint density at radius 2 is 1.92 bits per heavy atom. The first-order valence-electron chi connectivity index (χ1n) is 8.62. The van der Waals surface area contributed by atoms with Gasteiger partial charge in [0.15, 0.2) is 0 Å². The molecule has 1 aromatic carbocycles. The second-order valence-corrected chi connectivity index (χ2v) is 6.73. The van der Waals surface area contributed by atoms with Gasteiger partial charge in [-0.25, -0.2) is 0 Å². The van der Waals surface area contributed by atoms with Gasteiger partial charge in [-0.1, -0.05) is 12.1 Å². The number of benzene rings is 1. The van der Waals surface area contributed by atoms with Gasteiger partial charge in [0, 0.05) is 37.7 Å². The molecule has 2 saturated heterocycles. The Morgan fingerprint density at radius 3 is 2.62 bits per heavy atom. The maximum absolute atomic E-state index is 12.1. The van der Waals surface area contributed by atoms with Gasteiger partial charge in [0.1, 0.15) is 5.69 Å². The van der Waals surface area contributed by atoms with Crippen LogP contribution in [0, 0.1) is 16.0 Å². The molecule has 130 valence electrons. The zero-order valence-corrected chi connectivity index (χ0v) is 13.7. The minimum Gasteiger partial charge on any atom is -0.378 e. The number of para-hydroxylation sites is 2. The summed E-state index contributed by atoms with van der Waals surface area (Å²) < 4.78 is 0. The molecule has 1 amide bonds. The van der Waals surface area contributed by atoms with Gasteiger partial charge in [0.25, 0.3) is 5.69 Å². The van der Waals surface area contributed by atoms with E-state index in [4.69, 9.17) is 0 Å². The number of nitro groups is 1. The van der Waals surface area contributed by atoms with Crippen LogP contribution < -0.4 is 16.0 Å². The van der Waals surface area contributed by atoms with E-state index in [0.717, 1.165) is 12.8 Å². The smallest absolute Gasteiger partial charge is 0.292 e. The van der Waals surface area contributed by atoms with E-state index >= 15 is 0 Å². The van der Waals surface area contributed by atoms with Gasteiger partial charge in [0.2, 0.25) is 5.91 Å². The van der Waals surface area contributed by atoms with Gasteiger partial charge in [-0.2, -0.15) is 0 Å². The lowest BCUT2D eigenvalue weighted by molar-refractivity contribution is -0.384. The van der Waals surface area contributed by atoms with Crippen molar-refractivity contribution in [1.29, 1.82) is 0 Å². The third-order valence-electron chi connectivity index (χ3n) is 4.91. The van der Waals surface area contributed by atoms with E-state index in [1.807, 2.05) is 0 Å². The van der Waals surface area contributed by atoms with Crippen LogP contribution in [0.3, 0.4) is 0 Å². The van der Waals surface area contributed by atoms with Crippen LogP contribution in [0.1, 0.15) is 32.1 Å². The molecule has 0 spiro atoms. The Bertz CT molecular complexity index is 595. The van der Waals surface area contributed by atoms with Crippen LogP contribution in [0.15, 0.2) is 24.3 Å². The van der Waals surface area contributed by atoms with Gasteiger partial charge in [-0.05, 0) is 37.7 Å². The Hall–Kier alpha value is -2.15. The fraction of sp³-hybridized carbons (Fsp3) is 0.588. The fourth-order valence-electron chi connectivity index (χ4n) is 3.86. The molecule has 3 rings (SSSR count). The van der Waals surface area contributed by atoms with E-state index < -0.39 is 4.92 Å². The van der Waals surface area contributed by atoms with Crippen LogP contribution in [0.4, 0.5) is 11.4 Å². The number of anilines is 1. The van der Waals surface area contributed by atoms with E-state index in [1.54, 1.807) is 18.2 Å². The zero-order chi connectivity index (χ0) is 16.9. The molecular weight excluding hydrogens is 308 g/mol. The highest BCUT2D eigenvalue weighted by Crippen LogP contribution is 2.32. The van der Waals surface area contributed by atoms with Crippen molar-refractivity contribution in [3.63, 3.8) is 0 Å². The topological polar surface area (TPSA) is 96.3 Å². The number of hydrogen-bond acceptors (Lipinski definition) is 5. The number of carbonyl (C=O) groups is 1. The van der Waals surface area contributed by atoms with Crippen molar-refractivity contribution in [2.24, 2.45) is 5.92 Å². The molecule has 1 aromatic rings. The van der Waals surface area contributed by atoms with Crippen molar-refractivity contribution < 1.29 is 9.72 Å². The molecule has 7 heteroatoms. The number of nitrogens with one attached hydrogen (secondary N) is 3. The van der Waals surface area contributed by atoms with Crippen molar-refractivity contribution in [3.8, 4) is 0 Å². The Kier molecular flexibility index (Phi) is 5.30. The second kappa shape index (κ2) is 7.61. The summed E-state index contributed by atoms with van der Waals surface area (Å²) in [6, 6.07) is 7.72. The fourth-order valence-corrected chi connectivity index (χ4v) is 3.86. The highest BCUT2D eigenvalue weighted by molar-refractivity contribution is 5.76. The summed E-state index contributed by atoms with van der Waals surface area (Å²) in [4.78, 5) is 22.6. The zero-order valence-electron chi connectivity index (χ0n) is 13.7. The monoisotopic (exact) mass is 332 g/mol. The third kappa shape index (κ3) is 4.23. The minimum absolute atomic E-state index is 0.0500. The van der Waals surface area contributed by atoms with Gasteiger partial charge < -0.3 is 16.0 Å². The predicted molar refractivity (Wildman–Crippen MR) is 91.9 cm³/mol. The average Bonchev–Trinajstić information content (AvgIpc) is 2.90. The summed E-state index contributed by atoms with van der Waals surface area (Å²) in [5.74, 6) is 0.553. The maximum atomic E-state index is 12.1. The Balaban J connectivity index is 1.37. The number of hydrogen-bond donors (Lipinski definition) is 3. The molecule has 3 N–H and O–H groups in total. The summed E-state index contributed by atoms with van der Waals surface area (Å²) in [7, 11) is 0. The standard InChI is InChI=1S/C17H24N4O3/c22-17(11-12-9-13-5-6-14(10-12)20-13)19-8-7-18-15-3-1-2-4-16(15)21(23)24/h1-4,12-14,18,20H,5-11H2,(H,19,22). The summed E-state index contributed by atoms with van der Waals surface area (Å²) in [6.45, 7) is 0.927. The number of nitro benzene ring substituents is 1. The SMILES string of the molecule is O=C(CC1CC2CCC(C1)N2)NCCNc1ccccc1[N+](=O)[O-]. The lowest BCUT2D eigenvalue weighted by atomic mass is 9.89. The molecule has 0 aliphatic carbocycles. The van der Waals surface area contributed by atoms with Crippen molar-refractivity contribution in [2.45, 2.75) is 44.2 Å². The first-order valence-corrected chi connectivity index (χ1v) is 8.62. The van der Waals surface area contributed by atoms with Gasteiger partial charge >= 0.3 is 0 Å². The van der Waals surface area contributed by atoms with Gasteiger partial charge in [-0.3, -0.25) is 14.9 Å². The molecule has 0 aromatic heterocycles. The van der Waals surface area contributed by atoms with Crippen molar-refractivity contribution in [3.05, 3.63) is 34.4 Å². The Labute approximate surface area is 141 Å². The quantitative estimate of drug-likeness (QED) is 0.403. The summed E-state index contributed by atoms with van der Waals surface area (Å²) in [5, 5.41) is 20.4. The number of rotatable bonds is 7. The summed E-state index contributed by atoms with van der Waals surface area (Å²) in [5.41, 5.74) is 0.528. The van der Waals surface area contributed by atoms with Crippen molar-refractivity contribution in [1.82, 2.24) is 10.6 Å². The third-order valence-corrected chi connectivity index (χ3v) is 4.91. The molecule has 2 heterocycles. The molecule has 2 unspecified atom stereocenters. The summed E-state index contributed by atoms with van der Waals surface area (Å²) >= 11 is 0. The highest BCUT2D eigenvalue weighted by Gasteiger charge is 2.34. The number of piperidine rings is 1. The van der Waals surface area contributed by atoms with Crippen LogP contribution in [0.25, 0.3) is 0 Å². The van der Waals surface area contributed by atoms with Crippen LogP contribution >= 0.6 is 0 Å². The van der Waals surface area contributed by atoms with E-state index in [1.165, 1.54) is 18.9 Å². The van der Waals surface area contributed by atoms with Gasteiger partial charge in [-0.15, -0.1) is 0 Å².